The van der Waals surface area contributed by atoms with Crippen molar-refractivity contribution in [1.82, 2.24) is 9.47 Å². The first-order chi connectivity index (χ1) is 18.6. The number of hydrogen-bond donors (Lipinski definition) is 3. The van der Waals surface area contributed by atoms with E-state index < -0.39 is 30.9 Å². The molecule has 4 rings (SSSR count). The summed E-state index contributed by atoms with van der Waals surface area (Å²) in [5.74, 6) is 4.86. The number of ether oxygens (including phenoxy) is 1. The predicted molar refractivity (Wildman–Crippen MR) is 142 cm³/mol. The van der Waals surface area contributed by atoms with E-state index >= 15 is 0 Å². The third kappa shape index (κ3) is 6.75. The van der Waals surface area contributed by atoms with E-state index in [2.05, 4.69) is 22.5 Å². The highest BCUT2D eigenvalue weighted by Gasteiger charge is 2.31. The molecule has 2 atom stereocenters. The summed E-state index contributed by atoms with van der Waals surface area (Å²) in [5.41, 5.74) is 1.63. The van der Waals surface area contributed by atoms with Gasteiger partial charge in [-0.2, -0.15) is 13.2 Å². The molecule has 0 bridgehead atoms. The maximum atomic E-state index is 14.8. The van der Waals surface area contributed by atoms with Gasteiger partial charge in [-0.3, -0.25) is 0 Å². The van der Waals surface area contributed by atoms with Gasteiger partial charge < -0.3 is 29.9 Å². The summed E-state index contributed by atoms with van der Waals surface area (Å²) in [6.07, 6.45) is -4.98. The van der Waals surface area contributed by atoms with Gasteiger partial charge in [0, 0.05) is 24.2 Å². The fraction of sp³-hybridized carbons (Fsp3) is 0.393. The number of alkyl halides is 4. The standard InChI is InChI=1S/C28H30F4N4O3/c1-3-35-13-11-23(21(29)16-35)34-22-7-4-8-25-20(22)15-19(36(25)17-28(30,31)32)6-5-12-33-24-10-9-18(27(37)38)14-26(24)39-2/h4,7-10,14-15,21,23,33-34H,3,11-13,16-17H2,1-2H3,(H,37,38)/t21-,23?/m1/s1. The van der Waals surface area contributed by atoms with Crippen molar-refractivity contribution in [1.29, 1.82) is 0 Å². The van der Waals surface area contributed by atoms with Crippen LogP contribution in [-0.4, -0.2) is 72.2 Å². The third-order valence-electron chi connectivity index (χ3n) is 6.73. The van der Waals surface area contributed by atoms with Gasteiger partial charge in [0.2, 0.25) is 0 Å². The first-order valence-corrected chi connectivity index (χ1v) is 12.6. The zero-order valence-corrected chi connectivity index (χ0v) is 21.6. The number of fused-ring (bicyclic) bond motifs is 1. The quantitative estimate of drug-likeness (QED) is 0.266. The zero-order valence-electron chi connectivity index (χ0n) is 21.6. The number of nitrogens with one attached hydrogen (secondary N) is 2. The van der Waals surface area contributed by atoms with Crippen molar-refractivity contribution in [3.63, 3.8) is 0 Å². The number of aromatic carboxylic acids is 1. The summed E-state index contributed by atoms with van der Waals surface area (Å²) in [6, 6.07) is 10.4. The molecule has 11 heteroatoms. The van der Waals surface area contributed by atoms with Gasteiger partial charge in [-0.15, -0.1) is 0 Å². The molecule has 0 spiro atoms. The number of likely N-dealkylation sites (tertiary alicyclic amines) is 1. The number of rotatable bonds is 8. The van der Waals surface area contributed by atoms with Crippen molar-refractivity contribution in [2.24, 2.45) is 0 Å². The topological polar surface area (TPSA) is 78.8 Å². The van der Waals surface area contributed by atoms with E-state index in [9.17, 15) is 22.4 Å². The molecule has 1 aliphatic heterocycles. The molecule has 1 unspecified atom stereocenters. The Kier molecular flexibility index (Phi) is 8.55. The second kappa shape index (κ2) is 11.9. The molecule has 1 fully saturated rings. The van der Waals surface area contributed by atoms with Gasteiger partial charge in [0.25, 0.3) is 0 Å². The van der Waals surface area contributed by atoms with Crippen LogP contribution in [0.5, 0.6) is 5.75 Å². The molecule has 2 heterocycles. The summed E-state index contributed by atoms with van der Waals surface area (Å²) < 4.78 is 61.6. The summed E-state index contributed by atoms with van der Waals surface area (Å²) in [5, 5.41) is 15.9. The number of benzene rings is 2. The number of carboxylic acids is 1. The Morgan fingerprint density at radius 1 is 1.21 bits per heavy atom. The number of nitrogens with zero attached hydrogens (tertiary/aromatic N) is 2. The maximum absolute atomic E-state index is 14.8. The molecule has 39 heavy (non-hydrogen) atoms. The average molecular weight is 547 g/mol. The van der Waals surface area contributed by atoms with E-state index in [1.54, 1.807) is 24.3 Å². The minimum Gasteiger partial charge on any atom is -0.495 e. The Hall–Kier alpha value is -3.91. The molecule has 2 aromatic carbocycles. The SMILES string of the molecule is CCN1CCC(Nc2cccc3c2cc(C#CCNc2ccc(C(=O)O)cc2OC)n3CC(F)(F)F)[C@H](F)C1. The van der Waals surface area contributed by atoms with Crippen LogP contribution in [0.1, 0.15) is 29.4 Å². The minimum absolute atomic E-state index is 0.0552. The predicted octanol–water partition coefficient (Wildman–Crippen LogP) is 5.22. The summed E-state index contributed by atoms with van der Waals surface area (Å²) in [7, 11) is 1.40. The molecule has 0 radical (unpaired) electrons. The van der Waals surface area contributed by atoms with Gasteiger partial charge in [0.15, 0.2) is 0 Å². The number of carboxylic acid groups (broad SMARTS) is 1. The largest absolute Gasteiger partial charge is 0.495 e. The summed E-state index contributed by atoms with van der Waals surface area (Å²) in [6.45, 7) is 2.65. The number of piperidine rings is 1. The van der Waals surface area contributed by atoms with Crippen LogP contribution >= 0.6 is 0 Å². The third-order valence-corrected chi connectivity index (χ3v) is 6.73. The molecular formula is C28H30F4N4O3. The molecule has 1 aromatic heterocycles. The molecular weight excluding hydrogens is 516 g/mol. The summed E-state index contributed by atoms with van der Waals surface area (Å²) in [4.78, 5) is 13.2. The Morgan fingerprint density at radius 3 is 2.67 bits per heavy atom. The molecule has 7 nitrogen and oxygen atoms in total. The Balaban J connectivity index is 1.59. The minimum atomic E-state index is -4.47. The van der Waals surface area contributed by atoms with Crippen molar-refractivity contribution in [3.8, 4) is 17.6 Å². The highest BCUT2D eigenvalue weighted by atomic mass is 19.4. The molecule has 1 saturated heterocycles. The van der Waals surface area contributed by atoms with Crippen LogP contribution < -0.4 is 15.4 Å². The molecule has 0 aliphatic carbocycles. The van der Waals surface area contributed by atoms with Crippen LogP contribution in [0.25, 0.3) is 10.9 Å². The van der Waals surface area contributed by atoms with Gasteiger partial charge in [0.1, 0.15) is 18.5 Å². The number of hydrogen-bond acceptors (Lipinski definition) is 5. The lowest BCUT2D eigenvalue weighted by Crippen LogP contribution is -2.47. The fourth-order valence-corrected chi connectivity index (χ4v) is 4.73. The van der Waals surface area contributed by atoms with Gasteiger partial charge in [-0.1, -0.05) is 18.9 Å². The molecule has 208 valence electrons. The van der Waals surface area contributed by atoms with Crippen LogP contribution in [-0.2, 0) is 6.54 Å². The van der Waals surface area contributed by atoms with Crippen LogP contribution in [0.2, 0.25) is 0 Å². The molecule has 1 aliphatic rings. The number of halogens is 4. The van der Waals surface area contributed by atoms with Crippen LogP contribution in [0, 0.1) is 11.8 Å². The highest BCUT2D eigenvalue weighted by Crippen LogP contribution is 2.32. The van der Waals surface area contributed by atoms with E-state index in [4.69, 9.17) is 9.84 Å². The van der Waals surface area contributed by atoms with Crippen LogP contribution in [0.15, 0.2) is 42.5 Å². The molecule has 0 saturated carbocycles. The van der Waals surface area contributed by atoms with Crippen LogP contribution in [0.3, 0.4) is 0 Å². The van der Waals surface area contributed by atoms with E-state index in [1.807, 2.05) is 11.8 Å². The van der Waals surface area contributed by atoms with E-state index in [0.29, 0.717) is 41.0 Å². The van der Waals surface area contributed by atoms with E-state index in [0.717, 1.165) is 17.7 Å². The summed E-state index contributed by atoms with van der Waals surface area (Å²) >= 11 is 0. The smallest absolute Gasteiger partial charge is 0.406 e. The lowest BCUT2D eigenvalue weighted by atomic mass is 10.0. The van der Waals surface area contributed by atoms with Crippen molar-refractivity contribution in [2.75, 3.05) is 43.9 Å². The molecule has 0 amide bonds. The lowest BCUT2D eigenvalue weighted by Gasteiger charge is -2.35. The average Bonchev–Trinajstić information content (AvgIpc) is 3.24. The molecule has 3 N–H and O–H groups in total. The number of carbonyl (C=O) groups is 1. The van der Waals surface area contributed by atoms with Gasteiger partial charge >= 0.3 is 12.1 Å². The Labute approximate surface area is 223 Å². The van der Waals surface area contributed by atoms with Crippen molar-refractivity contribution >= 4 is 28.2 Å². The fourth-order valence-electron chi connectivity index (χ4n) is 4.73. The number of aromatic nitrogens is 1. The normalized spacial score (nSPS) is 17.9. The molecule has 3 aromatic rings. The van der Waals surface area contributed by atoms with Gasteiger partial charge in [0.05, 0.1) is 42.2 Å². The zero-order chi connectivity index (χ0) is 28.2. The number of methoxy groups -OCH3 is 1. The number of anilines is 2. The Morgan fingerprint density at radius 2 is 2.00 bits per heavy atom. The Bertz CT molecular complexity index is 1390. The van der Waals surface area contributed by atoms with E-state index in [-0.39, 0.29) is 17.8 Å². The maximum Gasteiger partial charge on any atom is 0.406 e. The highest BCUT2D eigenvalue weighted by molar-refractivity contribution is 5.94. The first-order valence-electron chi connectivity index (χ1n) is 12.6. The van der Waals surface area contributed by atoms with Gasteiger partial charge in [-0.25, -0.2) is 9.18 Å². The first kappa shape index (κ1) is 28.1. The lowest BCUT2D eigenvalue weighted by molar-refractivity contribution is -0.140. The second-order valence-corrected chi connectivity index (χ2v) is 9.29. The second-order valence-electron chi connectivity index (χ2n) is 9.29. The monoisotopic (exact) mass is 546 g/mol. The van der Waals surface area contributed by atoms with E-state index in [1.165, 1.54) is 25.3 Å². The van der Waals surface area contributed by atoms with Crippen molar-refractivity contribution in [3.05, 3.63) is 53.7 Å². The van der Waals surface area contributed by atoms with Crippen molar-refractivity contribution in [2.45, 2.75) is 38.3 Å². The van der Waals surface area contributed by atoms with Gasteiger partial charge in [-0.05, 0) is 55.3 Å². The van der Waals surface area contributed by atoms with Crippen molar-refractivity contribution < 1.29 is 32.2 Å². The van der Waals surface area contributed by atoms with Crippen LogP contribution in [0.4, 0.5) is 28.9 Å².